The molecule has 0 aliphatic heterocycles. The average molecular weight is 350 g/mol. The maximum absolute atomic E-state index is 14.0. The SMILES string of the molecule is COc1ccc2cc(C(N)c3ccc(Br)cc3F)oc2c1. The van der Waals surface area contributed by atoms with Crippen LogP contribution >= 0.6 is 15.9 Å². The Morgan fingerprint density at radius 2 is 2.00 bits per heavy atom. The second-order valence-electron chi connectivity index (χ2n) is 4.70. The van der Waals surface area contributed by atoms with E-state index in [0.29, 0.717) is 27.1 Å². The van der Waals surface area contributed by atoms with Crippen molar-refractivity contribution in [3.8, 4) is 5.75 Å². The van der Waals surface area contributed by atoms with Crippen molar-refractivity contribution in [2.45, 2.75) is 6.04 Å². The van der Waals surface area contributed by atoms with Crippen molar-refractivity contribution in [2.75, 3.05) is 7.11 Å². The number of benzene rings is 2. The molecule has 1 unspecified atom stereocenters. The number of hydrogen-bond donors (Lipinski definition) is 1. The van der Waals surface area contributed by atoms with Crippen LogP contribution in [-0.4, -0.2) is 7.11 Å². The fourth-order valence-electron chi connectivity index (χ4n) is 2.22. The summed E-state index contributed by atoms with van der Waals surface area (Å²) in [6.07, 6.45) is 0. The molecule has 2 N–H and O–H groups in total. The minimum atomic E-state index is -0.656. The summed E-state index contributed by atoms with van der Waals surface area (Å²) >= 11 is 3.23. The molecule has 0 fully saturated rings. The second-order valence-corrected chi connectivity index (χ2v) is 5.61. The van der Waals surface area contributed by atoms with E-state index in [1.165, 1.54) is 6.07 Å². The topological polar surface area (TPSA) is 48.4 Å². The standard InChI is InChI=1S/C16H13BrFNO2/c1-20-11-4-2-9-6-15(21-14(9)8-11)16(19)12-5-3-10(17)7-13(12)18/h2-8,16H,19H2,1H3. The van der Waals surface area contributed by atoms with Gasteiger partial charge in [0.2, 0.25) is 0 Å². The van der Waals surface area contributed by atoms with Crippen LogP contribution in [0.2, 0.25) is 0 Å². The van der Waals surface area contributed by atoms with E-state index in [2.05, 4.69) is 15.9 Å². The van der Waals surface area contributed by atoms with E-state index in [4.69, 9.17) is 14.9 Å². The molecule has 21 heavy (non-hydrogen) atoms. The first-order valence-corrected chi connectivity index (χ1v) is 7.16. The number of methoxy groups -OCH3 is 1. The van der Waals surface area contributed by atoms with Crippen molar-refractivity contribution in [2.24, 2.45) is 5.73 Å². The molecule has 0 saturated carbocycles. The first-order chi connectivity index (χ1) is 10.1. The maximum atomic E-state index is 14.0. The number of rotatable bonds is 3. The van der Waals surface area contributed by atoms with Gasteiger partial charge in [-0.05, 0) is 30.3 Å². The largest absolute Gasteiger partial charge is 0.497 e. The highest BCUT2D eigenvalue weighted by Crippen LogP contribution is 2.30. The minimum Gasteiger partial charge on any atom is -0.497 e. The fraction of sp³-hybridized carbons (Fsp3) is 0.125. The third-order valence-corrected chi connectivity index (χ3v) is 3.84. The fourth-order valence-corrected chi connectivity index (χ4v) is 2.55. The molecule has 1 aromatic heterocycles. The van der Waals surface area contributed by atoms with E-state index in [1.54, 1.807) is 25.3 Å². The van der Waals surface area contributed by atoms with Crippen LogP contribution in [0, 0.1) is 5.82 Å². The number of furan rings is 1. The van der Waals surface area contributed by atoms with Crippen LogP contribution in [0.15, 0.2) is 51.4 Å². The first-order valence-electron chi connectivity index (χ1n) is 6.36. The third-order valence-electron chi connectivity index (χ3n) is 3.35. The van der Waals surface area contributed by atoms with Gasteiger partial charge in [-0.1, -0.05) is 22.0 Å². The van der Waals surface area contributed by atoms with Crippen LogP contribution in [0.5, 0.6) is 5.75 Å². The van der Waals surface area contributed by atoms with E-state index in [9.17, 15) is 4.39 Å². The van der Waals surface area contributed by atoms with Gasteiger partial charge >= 0.3 is 0 Å². The molecular formula is C16H13BrFNO2. The lowest BCUT2D eigenvalue weighted by Gasteiger charge is -2.10. The molecule has 0 amide bonds. The Kier molecular flexibility index (Phi) is 3.69. The molecular weight excluding hydrogens is 337 g/mol. The zero-order valence-electron chi connectivity index (χ0n) is 11.3. The molecule has 0 spiro atoms. The van der Waals surface area contributed by atoms with Crippen molar-refractivity contribution in [3.63, 3.8) is 0 Å². The predicted octanol–water partition coefficient (Wildman–Crippen LogP) is 4.39. The molecule has 0 radical (unpaired) electrons. The molecule has 108 valence electrons. The zero-order chi connectivity index (χ0) is 15.0. The summed E-state index contributed by atoms with van der Waals surface area (Å²) in [5, 5.41) is 0.902. The number of ether oxygens (including phenoxy) is 1. The Bertz CT molecular complexity index is 800. The van der Waals surface area contributed by atoms with Crippen molar-refractivity contribution < 1.29 is 13.5 Å². The highest BCUT2D eigenvalue weighted by molar-refractivity contribution is 9.10. The highest BCUT2D eigenvalue weighted by atomic mass is 79.9. The summed E-state index contributed by atoms with van der Waals surface area (Å²) in [5.41, 5.74) is 7.18. The lowest BCUT2D eigenvalue weighted by molar-refractivity contribution is 0.414. The molecule has 5 heteroatoms. The molecule has 3 aromatic rings. The molecule has 0 aliphatic carbocycles. The normalized spacial score (nSPS) is 12.6. The van der Waals surface area contributed by atoms with Gasteiger partial charge in [-0.25, -0.2) is 4.39 Å². The van der Waals surface area contributed by atoms with E-state index in [1.807, 2.05) is 18.2 Å². The van der Waals surface area contributed by atoms with E-state index in [-0.39, 0.29) is 5.82 Å². The van der Waals surface area contributed by atoms with Crippen LogP contribution in [-0.2, 0) is 0 Å². The van der Waals surface area contributed by atoms with Crippen LogP contribution in [0.25, 0.3) is 11.0 Å². The molecule has 0 saturated heterocycles. The Labute approximate surface area is 129 Å². The Morgan fingerprint density at radius 3 is 2.71 bits per heavy atom. The molecule has 0 bridgehead atoms. The first kappa shape index (κ1) is 14.1. The molecule has 3 rings (SSSR count). The van der Waals surface area contributed by atoms with Crippen molar-refractivity contribution >= 4 is 26.9 Å². The van der Waals surface area contributed by atoms with Gasteiger partial charge in [0.15, 0.2) is 0 Å². The van der Waals surface area contributed by atoms with Gasteiger partial charge in [0.05, 0.1) is 13.2 Å². The van der Waals surface area contributed by atoms with Crippen molar-refractivity contribution in [3.05, 3.63) is 64.1 Å². The minimum absolute atomic E-state index is 0.366. The van der Waals surface area contributed by atoms with E-state index < -0.39 is 6.04 Å². The molecule has 1 atom stereocenters. The Hall–Kier alpha value is -1.85. The summed E-state index contributed by atoms with van der Waals surface area (Å²) in [4.78, 5) is 0. The number of halogens is 2. The monoisotopic (exact) mass is 349 g/mol. The van der Waals surface area contributed by atoms with Crippen molar-refractivity contribution in [1.82, 2.24) is 0 Å². The van der Waals surface area contributed by atoms with Gasteiger partial charge in [-0.3, -0.25) is 0 Å². The smallest absolute Gasteiger partial charge is 0.138 e. The van der Waals surface area contributed by atoms with Gasteiger partial charge in [-0.15, -0.1) is 0 Å². The summed E-state index contributed by atoms with van der Waals surface area (Å²) in [6, 6.07) is 11.5. The highest BCUT2D eigenvalue weighted by Gasteiger charge is 2.18. The van der Waals surface area contributed by atoms with E-state index in [0.717, 1.165) is 5.39 Å². The quantitative estimate of drug-likeness (QED) is 0.762. The third kappa shape index (κ3) is 2.66. The van der Waals surface area contributed by atoms with Gasteiger partial charge in [-0.2, -0.15) is 0 Å². The van der Waals surface area contributed by atoms with Gasteiger partial charge in [0.25, 0.3) is 0 Å². The summed E-state index contributed by atoms with van der Waals surface area (Å²) in [5.74, 6) is 0.848. The molecule has 1 heterocycles. The van der Waals surface area contributed by atoms with Gasteiger partial charge < -0.3 is 14.9 Å². The second kappa shape index (κ2) is 5.50. The van der Waals surface area contributed by atoms with E-state index >= 15 is 0 Å². The van der Waals surface area contributed by atoms with Crippen LogP contribution < -0.4 is 10.5 Å². The predicted molar refractivity (Wildman–Crippen MR) is 82.9 cm³/mol. The molecule has 3 nitrogen and oxygen atoms in total. The zero-order valence-corrected chi connectivity index (χ0v) is 12.9. The Balaban J connectivity index is 2.02. The number of fused-ring (bicyclic) bond motifs is 1. The van der Waals surface area contributed by atoms with Crippen LogP contribution in [0.4, 0.5) is 4.39 Å². The van der Waals surface area contributed by atoms with Crippen LogP contribution in [0.3, 0.4) is 0 Å². The summed E-state index contributed by atoms with van der Waals surface area (Å²) in [7, 11) is 1.59. The van der Waals surface area contributed by atoms with Gasteiger partial charge in [0.1, 0.15) is 22.9 Å². The summed E-state index contributed by atoms with van der Waals surface area (Å²) < 4.78 is 25.5. The van der Waals surface area contributed by atoms with Crippen LogP contribution in [0.1, 0.15) is 17.4 Å². The van der Waals surface area contributed by atoms with Crippen molar-refractivity contribution in [1.29, 1.82) is 0 Å². The maximum Gasteiger partial charge on any atom is 0.138 e. The number of nitrogens with two attached hydrogens (primary N) is 1. The molecule has 2 aromatic carbocycles. The molecule has 0 aliphatic rings. The van der Waals surface area contributed by atoms with Gasteiger partial charge in [0, 0.05) is 21.5 Å². The Morgan fingerprint density at radius 1 is 1.19 bits per heavy atom. The lowest BCUT2D eigenvalue weighted by Crippen LogP contribution is -2.12. The summed E-state index contributed by atoms with van der Waals surface area (Å²) in [6.45, 7) is 0. The number of hydrogen-bond acceptors (Lipinski definition) is 3. The lowest BCUT2D eigenvalue weighted by atomic mass is 10.0. The average Bonchev–Trinajstić information content (AvgIpc) is 2.89.